The largest absolute Gasteiger partial charge is 0.376 e. The van der Waals surface area contributed by atoms with Crippen molar-refractivity contribution >= 4 is 5.82 Å². The van der Waals surface area contributed by atoms with Crippen LogP contribution < -0.4 is 5.32 Å². The molecule has 0 aromatic carbocycles. The fourth-order valence-electron chi connectivity index (χ4n) is 2.01. The van der Waals surface area contributed by atoms with E-state index in [1.54, 1.807) is 6.20 Å². The summed E-state index contributed by atoms with van der Waals surface area (Å²) in [4.78, 5) is 4.27. The number of pyridine rings is 1. The molecule has 18 heavy (non-hydrogen) atoms. The summed E-state index contributed by atoms with van der Waals surface area (Å²) in [6.07, 6.45) is 6.84. The molecule has 0 fully saturated rings. The second-order valence-electron chi connectivity index (χ2n) is 4.69. The zero-order valence-electron chi connectivity index (χ0n) is 11.9. The summed E-state index contributed by atoms with van der Waals surface area (Å²) in [6.45, 7) is 5.98. The second kappa shape index (κ2) is 8.92. The van der Waals surface area contributed by atoms with E-state index in [9.17, 15) is 0 Å². The molecule has 3 heteroatoms. The molecule has 0 saturated heterocycles. The zero-order valence-corrected chi connectivity index (χ0v) is 11.9. The van der Waals surface area contributed by atoms with Crippen molar-refractivity contribution in [3.63, 3.8) is 0 Å². The smallest absolute Gasteiger partial charge is 0.131 e. The minimum Gasteiger partial charge on any atom is -0.376 e. The molecule has 1 unspecified atom stereocenters. The maximum atomic E-state index is 5.83. The van der Waals surface area contributed by atoms with Gasteiger partial charge in [0.05, 0.1) is 6.61 Å². The number of hydrogen-bond donors (Lipinski definition) is 1. The average molecular weight is 250 g/mol. The quantitative estimate of drug-likeness (QED) is 0.722. The number of nitrogens with zero attached hydrogens (tertiary/aromatic N) is 1. The number of nitrogens with one attached hydrogen (secondary N) is 1. The Balaban J connectivity index is 2.35. The number of unbranched alkanes of at least 4 members (excludes halogenated alkanes) is 1. The van der Waals surface area contributed by atoms with Crippen LogP contribution in [-0.4, -0.2) is 18.6 Å². The van der Waals surface area contributed by atoms with E-state index >= 15 is 0 Å². The van der Waals surface area contributed by atoms with E-state index < -0.39 is 0 Å². The lowest BCUT2D eigenvalue weighted by molar-refractivity contribution is 0.0821. The highest BCUT2D eigenvalue weighted by atomic mass is 16.5. The third kappa shape index (κ3) is 5.05. The van der Waals surface area contributed by atoms with E-state index in [0.29, 0.717) is 12.5 Å². The van der Waals surface area contributed by atoms with Gasteiger partial charge in [0, 0.05) is 25.4 Å². The molecule has 0 aliphatic heterocycles. The predicted molar refractivity (Wildman–Crippen MR) is 76.7 cm³/mol. The molecule has 0 aliphatic rings. The van der Waals surface area contributed by atoms with Crippen LogP contribution in [0.2, 0.25) is 0 Å². The summed E-state index contributed by atoms with van der Waals surface area (Å²) in [5.41, 5.74) is 1.13. The van der Waals surface area contributed by atoms with Crippen LogP contribution in [0.4, 0.5) is 5.82 Å². The Bertz CT molecular complexity index is 328. The Kier molecular flexibility index (Phi) is 7.42. The van der Waals surface area contributed by atoms with Crippen LogP contribution in [0.25, 0.3) is 0 Å². The SMILES string of the molecule is CCCCC(CC)COCc1cccnc1NC. The first kappa shape index (κ1) is 15.0. The van der Waals surface area contributed by atoms with Gasteiger partial charge >= 0.3 is 0 Å². The Morgan fingerprint density at radius 3 is 2.89 bits per heavy atom. The van der Waals surface area contributed by atoms with Gasteiger partial charge in [-0.3, -0.25) is 0 Å². The van der Waals surface area contributed by atoms with E-state index in [0.717, 1.165) is 18.0 Å². The summed E-state index contributed by atoms with van der Waals surface area (Å²) < 4.78 is 5.83. The Hall–Kier alpha value is -1.09. The molecule has 102 valence electrons. The van der Waals surface area contributed by atoms with Gasteiger partial charge in [-0.1, -0.05) is 39.2 Å². The van der Waals surface area contributed by atoms with Crippen molar-refractivity contribution in [1.82, 2.24) is 4.98 Å². The molecule has 1 atom stereocenters. The summed E-state index contributed by atoms with van der Waals surface area (Å²) in [5.74, 6) is 1.61. The van der Waals surface area contributed by atoms with Crippen molar-refractivity contribution in [2.24, 2.45) is 5.92 Å². The molecule has 0 bridgehead atoms. The van der Waals surface area contributed by atoms with E-state index in [2.05, 4.69) is 30.2 Å². The minimum absolute atomic E-state index is 0.645. The van der Waals surface area contributed by atoms with Crippen LogP contribution in [0.3, 0.4) is 0 Å². The molecule has 0 spiro atoms. The zero-order chi connectivity index (χ0) is 13.2. The van der Waals surface area contributed by atoms with Gasteiger partial charge in [0.15, 0.2) is 0 Å². The lowest BCUT2D eigenvalue weighted by Gasteiger charge is -2.15. The van der Waals surface area contributed by atoms with Crippen molar-refractivity contribution in [3.05, 3.63) is 23.9 Å². The van der Waals surface area contributed by atoms with Crippen LogP contribution in [0.5, 0.6) is 0 Å². The molecular weight excluding hydrogens is 224 g/mol. The summed E-state index contributed by atoms with van der Waals surface area (Å²) in [6, 6.07) is 4.01. The molecule has 0 radical (unpaired) electrons. The normalized spacial score (nSPS) is 12.4. The Morgan fingerprint density at radius 1 is 1.39 bits per heavy atom. The van der Waals surface area contributed by atoms with Gasteiger partial charge in [-0.15, -0.1) is 0 Å². The number of anilines is 1. The van der Waals surface area contributed by atoms with Gasteiger partial charge in [-0.05, 0) is 18.4 Å². The molecule has 1 heterocycles. The molecule has 1 N–H and O–H groups in total. The summed E-state index contributed by atoms with van der Waals surface area (Å²) >= 11 is 0. The first-order chi connectivity index (χ1) is 8.81. The first-order valence-corrected chi connectivity index (χ1v) is 7.01. The van der Waals surface area contributed by atoms with E-state index in [-0.39, 0.29) is 0 Å². The third-order valence-corrected chi connectivity index (χ3v) is 3.28. The van der Waals surface area contributed by atoms with E-state index in [1.807, 2.05) is 13.1 Å². The van der Waals surface area contributed by atoms with E-state index in [4.69, 9.17) is 4.74 Å². The van der Waals surface area contributed by atoms with Crippen LogP contribution in [0, 0.1) is 5.92 Å². The van der Waals surface area contributed by atoms with Gasteiger partial charge in [0.2, 0.25) is 0 Å². The van der Waals surface area contributed by atoms with Gasteiger partial charge in [-0.2, -0.15) is 0 Å². The summed E-state index contributed by atoms with van der Waals surface area (Å²) in [7, 11) is 1.89. The van der Waals surface area contributed by atoms with Gasteiger partial charge < -0.3 is 10.1 Å². The Labute approximate surface area is 111 Å². The van der Waals surface area contributed by atoms with Crippen molar-refractivity contribution in [3.8, 4) is 0 Å². The number of rotatable bonds is 9. The predicted octanol–water partition coefficient (Wildman–Crippen LogP) is 3.86. The first-order valence-electron chi connectivity index (χ1n) is 7.01. The van der Waals surface area contributed by atoms with Crippen LogP contribution in [0.15, 0.2) is 18.3 Å². The van der Waals surface area contributed by atoms with Crippen molar-refractivity contribution in [2.45, 2.75) is 46.1 Å². The van der Waals surface area contributed by atoms with Gasteiger partial charge in [-0.25, -0.2) is 4.98 Å². The van der Waals surface area contributed by atoms with Crippen molar-refractivity contribution in [2.75, 3.05) is 19.0 Å². The molecule has 0 aliphatic carbocycles. The maximum absolute atomic E-state index is 5.83. The molecule has 0 amide bonds. The molecule has 3 nitrogen and oxygen atoms in total. The highest BCUT2D eigenvalue weighted by Gasteiger charge is 2.07. The standard InChI is InChI=1S/C15H26N2O/c1-4-6-8-13(5-2)11-18-12-14-9-7-10-17-15(14)16-3/h7,9-10,13H,4-6,8,11-12H2,1-3H3,(H,16,17). The lowest BCUT2D eigenvalue weighted by atomic mass is 10.0. The third-order valence-electron chi connectivity index (χ3n) is 3.28. The fourth-order valence-corrected chi connectivity index (χ4v) is 2.01. The van der Waals surface area contributed by atoms with Gasteiger partial charge in [0.25, 0.3) is 0 Å². The van der Waals surface area contributed by atoms with Crippen molar-refractivity contribution < 1.29 is 4.74 Å². The monoisotopic (exact) mass is 250 g/mol. The van der Waals surface area contributed by atoms with Gasteiger partial charge in [0.1, 0.15) is 5.82 Å². The van der Waals surface area contributed by atoms with Crippen LogP contribution in [-0.2, 0) is 11.3 Å². The number of aromatic nitrogens is 1. The highest BCUT2D eigenvalue weighted by Crippen LogP contribution is 2.16. The molecular formula is C15H26N2O. The maximum Gasteiger partial charge on any atom is 0.131 e. The molecule has 1 aromatic rings. The Morgan fingerprint density at radius 2 is 2.22 bits per heavy atom. The van der Waals surface area contributed by atoms with E-state index in [1.165, 1.54) is 25.7 Å². The highest BCUT2D eigenvalue weighted by molar-refractivity contribution is 5.42. The number of ether oxygens (including phenoxy) is 1. The molecule has 1 rings (SSSR count). The van der Waals surface area contributed by atoms with Crippen LogP contribution >= 0.6 is 0 Å². The van der Waals surface area contributed by atoms with Crippen LogP contribution in [0.1, 0.15) is 45.1 Å². The number of hydrogen-bond acceptors (Lipinski definition) is 3. The summed E-state index contributed by atoms with van der Waals surface area (Å²) in [5, 5.41) is 3.09. The average Bonchev–Trinajstić information content (AvgIpc) is 2.43. The molecule has 1 aromatic heterocycles. The second-order valence-corrected chi connectivity index (χ2v) is 4.69. The minimum atomic E-state index is 0.645. The molecule has 0 saturated carbocycles. The fraction of sp³-hybridized carbons (Fsp3) is 0.667. The topological polar surface area (TPSA) is 34.1 Å². The lowest BCUT2D eigenvalue weighted by Crippen LogP contribution is -2.09. The van der Waals surface area contributed by atoms with Crippen molar-refractivity contribution in [1.29, 1.82) is 0 Å².